The maximum Gasteiger partial charge on any atom is 0.0957 e. The van der Waals surface area contributed by atoms with Crippen LogP contribution in [0.4, 0.5) is 0 Å². The molecule has 4 heteroatoms. The first kappa shape index (κ1) is 14.7. The molecule has 1 N–H and O–H groups in total. The summed E-state index contributed by atoms with van der Waals surface area (Å²) in [4.78, 5) is 4.75. The monoisotopic (exact) mass is 360 g/mol. The van der Waals surface area contributed by atoms with E-state index in [9.17, 15) is 0 Å². The summed E-state index contributed by atoms with van der Waals surface area (Å²) >= 11 is 5.44. The van der Waals surface area contributed by atoms with Crippen LogP contribution >= 0.6 is 27.3 Å². The van der Waals surface area contributed by atoms with Crippen molar-refractivity contribution < 1.29 is 0 Å². The van der Waals surface area contributed by atoms with E-state index in [-0.39, 0.29) is 6.04 Å². The third-order valence-electron chi connectivity index (χ3n) is 3.45. The fourth-order valence-electron chi connectivity index (χ4n) is 2.48. The molecule has 0 saturated heterocycles. The first-order chi connectivity index (χ1) is 10.3. The lowest BCUT2D eigenvalue weighted by Crippen LogP contribution is -2.23. The van der Waals surface area contributed by atoms with Crippen LogP contribution in [0.2, 0.25) is 0 Å². The molecule has 0 radical (unpaired) electrons. The van der Waals surface area contributed by atoms with E-state index in [4.69, 9.17) is 4.98 Å². The van der Waals surface area contributed by atoms with E-state index in [1.807, 2.05) is 12.1 Å². The predicted octanol–water partition coefficient (Wildman–Crippen LogP) is 4.95. The van der Waals surface area contributed by atoms with Gasteiger partial charge in [-0.2, -0.15) is 0 Å². The SMILES string of the molecule is CCNC(Cc1nc2ccccc2s1)c1ccccc1Br. The van der Waals surface area contributed by atoms with Gasteiger partial charge in [0, 0.05) is 16.9 Å². The summed E-state index contributed by atoms with van der Waals surface area (Å²) in [5.74, 6) is 0. The van der Waals surface area contributed by atoms with Crippen molar-refractivity contribution in [2.45, 2.75) is 19.4 Å². The highest BCUT2D eigenvalue weighted by Crippen LogP contribution is 2.29. The van der Waals surface area contributed by atoms with Crippen molar-refractivity contribution in [3.63, 3.8) is 0 Å². The summed E-state index contributed by atoms with van der Waals surface area (Å²) in [7, 11) is 0. The maximum atomic E-state index is 4.75. The van der Waals surface area contributed by atoms with Crippen LogP contribution in [-0.2, 0) is 6.42 Å². The molecule has 3 rings (SSSR count). The molecule has 0 spiro atoms. The van der Waals surface area contributed by atoms with Crippen LogP contribution in [0.25, 0.3) is 10.2 Å². The Bertz CT molecular complexity index is 705. The lowest BCUT2D eigenvalue weighted by Gasteiger charge is -2.18. The van der Waals surface area contributed by atoms with E-state index < -0.39 is 0 Å². The molecule has 0 aliphatic heterocycles. The molecule has 0 aliphatic carbocycles. The fraction of sp³-hybridized carbons (Fsp3) is 0.235. The number of nitrogens with zero attached hydrogens (tertiary/aromatic N) is 1. The number of benzene rings is 2. The normalized spacial score (nSPS) is 12.7. The second-order valence-electron chi connectivity index (χ2n) is 4.91. The van der Waals surface area contributed by atoms with Crippen molar-refractivity contribution in [3.8, 4) is 0 Å². The molecule has 21 heavy (non-hydrogen) atoms. The van der Waals surface area contributed by atoms with Gasteiger partial charge in [-0.05, 0) is 30.3 Å². The molecule has 1 unspecified atom stereocenters. The highest BCUT2D eigenvalue weighted by molar-refractivity contribution is 9.10. The Hall–Kier alpha value is -1.23. The zero-order valence-electron chi connectivity index (χ0n) is 11.8. The lowest BCUT2D eigenvalue weighted by atomic mass is 10.0. The standard InChI is InChI=1S/C17H17BrN2S/c1-2-19-15(12-7-3-4-8-13(12)18)11-17-20-14-9-5-6-10-16(14)21-17/h3-10,15,19H,2,11H2,1H3. The molecular formula is C17H17BrN2S. The zero-order chi connectivity index (χ0) is 14.7. The van der Waals surface area contributed by atoms with E-state index in [1.165, 1.54) is 15.3 Å². The number of thiazole rings is 1. The summed E-state index contributed by atoms with van der Waals surface area (Å²) in [6.07, 6.45) is 0.912. The summed E-state index contributed by atoms with van der Waals surface area (Å²) in [6.45, 7) is 3.08. The third-order valence-corrected chi connectivity index (χ3v) is 5.23. The van der Waals surface area contributed by atoms with Crippen molar-refractivity contribution >= 4 is 37.5 Å². The van der Waals surface area contributed by atoms with Gasteiger partial charge in [0.1, 0.15) is 0 Å². The van der Waals surface area contributed by atoms with Gasteiger partial charge >= 0.3 is 0 Å². The molecule has 1 heterocycles. The second-order valence-corrected chi connectivity index (χ2v) is 6.88. The van der Waals surface area contributed by atoms with Crippen molar-refractivity contribution in [1.29, 1.82) is 0 Å². The Morgan fingerprint density at radius 1 is 1.14 bits per heavy atom. The molecule has 3 aromatic rings. The molecule has 0 fully saturated rings. The highest BCUT2D eigenvalue weighted by Gasteiger charge is 2.16. The number of hydrogen-bond acceptors (Lipinski definition) is 3. The topological polar surface area (TPSA) is 24.9 Å². The summed E-state index contributed by atoms with van der Waals surface area (Å²) in [5, 5.41) is 4.75. The minimum absolute atomic E-state index is 0.283. The molecular weight excluding hydrogens is 344 g/mol. The van der Waals surface area contributed by atoms with Crippen molar-refractivity contribution in [2.24, 2.45) is 0 Å². The van der Waals surface area contributed by atoms with E-state index in [1.54, 1.807) is 11.3 Å². The van der Waals surface area contributed by atoms with Gasteiger partial charge in [-0.25, -0.2) is 4.98 Å². The Morgan fingerprint density at radius 3 is 2.67 bits per heavy atom. The van der Waals surface area contributed by atoms with E-state index in [2.05, 4.69) is 64.6 Å². The number of halogens is 1. The molecule has 0 saturated carbocycles. The van der Waals surface area contributed by atoms with Gasteiger partial charge in [-0.15, -0.1) is 11.3 Å². The average Bonchev–Trinajstić information content (AvgIpc) is 2.89. The van der Waals surface area contributed by atoms with Gasteiger partial charge in [0.25, 0.3) is 0 Å². The first-order valence-corrected chi connectivity index (χ1v) is 8.71. The van der Waals surface area contributed by atoms with Gasteiger partial charge in [-0.3, -0.25) is 0 Å². The number of hydrogen-bond donors (Lipinski definition) is 1. The maximum absolute atomic E-state index is 4.75. The predicted molar refractivity (Wildman–Crippen MR) is 93.9 cm³/mol. The van der Waals surface area contributed by atoms with Gasteiger partial charge in [-0.1, -0.05) is 53.2 Å². The lowest BCUT2D eigenvalue weighted by molar-refractivity contribution is 0.547. The van der Waals surface area contributed by atoms with Crippen LogP contribution in [0.15, 0.2) is 53.0 Å². The summed E-state index contributed by atoms with van der Waals surface area (Å²) < 4.78 is 2.41. The van der Waals surface area contributed by atoms with Crippen LogP contribution in [0.1, 0.15) is 23.5 Å². The van der Waals surface area contributed by atoms with E-state index >= 15 is 0 Å². The van der Waals surface area contributed by atoms with E-state index in [0.717, 1.165) is 23.0 Å². The second kappa shape index (κ2) is 6.69. The average molecular weight is 361 g/mol. The minimum atomic E-state index is 0.283. The largest absolute Gasteiger partial charge is 0.310 e. The quantitative estimate of drug-likeness (QED) is 0.695. The minimum Gasteiger partial charge on any atom is -0.310 e. The molecule has 1 atom stereocenters. The Morgan fingerprint density at radius 2 is 1.90 bits per heavy atom. The van der Waals surface area contributed by atoms with Crippen molar-refractivity contribution in [3.05, 3.63) is 63.6 Å². The highest BCUT2D eigenvalue weighted by atomic mass is 79.9. The van der Waals surface area contributed by atoms with Gasteiger partial charge in [0.2, 0.25) is 0 Å². The van der Waals surface area contributed by atoms with Gasteiger partial charge in [0.15, 0.2) is 0 Å². The van der Waals surface area contributed by atoms with Crippen LogP contribution in [0, 0.1) is 0 Å². The van der Waals surface area contributed by atoms with Gasteiger partial charge < -0.3 is 5.32 Å². The molecule has 2 aromatic carbocycles. The molecule has 1 aromatic heterocycles. The number of fused-ring (bicyclic) bond motifs is 1. The zero-order valence-corrected chi connectivity index (χ0v) is 14.2. The number of aromatic nitrogens is 1. The van der Waals surface area contributed by atoms with Crippen molar-refractivity contribution in [2.75, 3.05) is 6.54 Å². The molecule has 0 bridgehead atoms. The van der Waals surface area contributed by atoms with E-state index in [0.29, 0.717) is 0 Å². The number of likely N-dealkylation sites (N-methyl/N-ethyl adjacent to an activating group) is 1. The van der Waals surface area contributed by atoms with Crippen LogP contribution < -0.4 is 5.32 Å². The molecule has 108 valence electrons. The van der Waals surface area contributed by atoms with Crippen molar-refractivity contribution in [1.82, 2.24) is 10.3 Å². The fourth-order valence-corrected chi connectivity index (χ4v) is 4.05. The molecule has 0 aliphatic rings. The summed E-state index contributed by atoms with van der Waals surface area (Å²) in [5.41, 5.74) is 2.39. The Kier molecular flexibility index (Phi) is 4.68. The first-order valence-electron chi connectivity index (χ1n) is 7.10. The third kappa shape index (κ3) is 3.34. The number of rotatable bonds is 5. The Labute approximate surface area is 137 Å². The molecule has 0 amide bonds. The number of para-hydroxylation sites is 1. The van der Waals surface area contributed by atoms with Crippen LogP contribution in [-0.4, -0.2) is 11.5 Å². The Balaban J connectivity index is 1.90. The van der Waals surface area contributed by atoms with Gasteiger partial charge in [0.05, 0.1) is 15.2 Å². The van der Waals surface area contributed by atoms with Crippen LogP contribution in [0.5, 0.6) is 0 Å². The molecule has 2 nitrogen and oxygen atoms in total. The van der Waals surface area contributed by atoms with Crippen LogP contribution in [0.3, 0.4) is 0 Å². The summed E-state index contributed by atoms with van der Waals surface area (Å²) in [6, 6.07) is 17.0. The number of nitrogens with one attached hydrogen (secondary N) is 1. The smallest absolute Gasteiger partial charge is 0.0957 e.